The summed E-state index contributed by atoms with van der Waals surface area (Å²) in [5.41, 5.74) is 4.56. The Kier molecular flexibility index (Phi) is 7.47. The Morgan fingerprint density at radius 2 is 1.69 bits per heavy atom. The van der Waals surface area contributed by atoms with Gasteiger partial charge in [-0.3, -0.25) is 0 Å². The minimum Gasteiger partial charge on any atom is -1.00 e. The highest BCUT2D eigenvalue weighted by Crippen LogP contribution is 2.25. The number of rotatable bonds is 5. The maximum atomic E-state index is 6.50. The van der Waals surface area contributed by atoms with Crippen molar-refractivity contribution in [3.63, 3.8) is 0 Å². The van der Waals surface area contributed by atoms with E-state index in [9.17, 15) is 0 Å². The maximum absolute atomic E-state index is 6.50. The first-order chi connectivity index (χ1) is 12.1. The van der Waals surface area contributed by atoms with Gasteiger partial charge in [-0.15, -0.1) is 0 Å². The minimum atomic E-state index is 0. The predicted octanol–water partition coefficient (Wildman–Crippen LogP) is 2.34. The van der Waals surface area contributed by atoms with Crippen LogP contribution < -0.4 is 33.4 Å². The van der Waals surface area contributed by atoms with E-state index in [0.717, 1.165) is 29.4 Å². The van der Waals surface area contributed by atoms with Crippen LogP contribution in [0.2, 0.25) is 5.02 Å². The highest BCUT2D eigenvalue weighted by atomic mass is 127. The van der Waals surface area contributed by atoms with Crippen LogP contribution in [0.3, 0.4) is 0 Å². The Hall–Kier alpha value is -1.59. The fourth-order valence-corrected chi connectivity index (χ4v) is 3.38. The summed E-state index contributed by atoms with van der Waals surface area (Å²) >= 11 is 6.50. The quantitative estimate of drug-likeness (QED) is 0.403. The molecule has 0 N–H and O–H groups in total. The lowest BCUT2D eigenvalue weighted by Gasteiger charge is -2.21. The van der Waals surface area contributed by atoms with Crippen LogP contribution in [0.1, 0.15) is 25.1 Å². The van der Waals surface area contributed by atoms with Gasteiger partial charge in [-0.1, -0.05) is 29.8 Å². The number of pyridine rings is 1. The molecule has 1 heterocycles. The first-order valence-electron chi connectivity index (χ1n) is 8.74. The second-order valence-electron chi connectivity index (χ2n) is 6.09. The van der Waals surface area contributed by atoms with Crippen molar-refractivity contribution in [1.29, 1.82) is 0 Å². The number of benzene rings is 2. The van der Waals surface area contributed by atoms with Crippen molar-refractivity contribution in [3.8, 4) is 0 Å². The summed E-state index contributed by atoms with van der Waals surface area (Å²) < 4.78 is 2.20. The second-order valence-corrected chi connectivity index (χ2v) is 6.49. The molecule has 3 rings (SSSR count). The Labute approximate surface area is 178 Å². The third kappa shape index (κ3) is 4.38. The number of hydrogen-bond acceptors (Lipinski definition) is 1. The van der Waals surface area contributed by atoms with Gasteiger partial charge >= 0.3 is 0 Å². The van der Waals surface area contributed by atoms with Crippen molar-refractivity contribution >= 4 is 40.3 Å². The SMILES string of the molecule is CCN(CC)c1ccc(/C=C/c2ccc3ccccc3[n+]2C)c(Cl)c1.[I-]. The third-order valence-corrected chi connectivity index (χ3v) is 4.99. The maximum Gasteiger partial charge on any atom is 0.212 e. The average Bonchev–Trinajstić information content (AvgIpc) is 2.64. The average molecular weight is 479 g/mol. The number of nitrogens with zero attached hydrogens (tertiary/aromatic N) is 2. The molecule has 0 unspecified atom stereocenters. The van der Waals surface area contributed by atoms with Crippen molar-refractivity contribution in [1.82, 2.24) is 0 Å². The van der Waals surface area contributed by atoms with Gasteiger partial charge in [0.05, 0.1) is 0 Å². The van der Waals surface area contributed by atoms with Gasteiger partial charge in [0.15, 0.2) is 0 Å². The zero-order chi connectivity index (χ0) is 17.8. The van der Waals surface area contributed by atoms with Gasteiger partial charge in [0.25, 0.3) is 0 Å². The zero-order valence-electron chi connectivity index (χ0n) is 15.4. The van der Waals surface area contributed by atoms with Gasteiger partial charge in [-0.25, -0.2) is 0 Å². The van der Waals surface area contributed by atoms with Gasteiger partial charge in [0.2, 0.25) is 11.2 Å². The molecule has 0 aliphatic carbocycles. The highest BCUT2D eigenvalue weighted by Gasteiger charge is 2.09. The van der Waals surface area contributed by atoms with Gasteiger partial charge in [-0.05, 0) is 49.8 Å². The van der Waals surface area contributed by atoms with Crippen LogP contribution in [0.5, 0.6) is 0 Å². The van der Waals surface area contributed by atoms with E-state index in [1.54, 1.807) is 0 Å². The van der Waals surface area contributed by atoms with Crippen molar-refractivity contribution in [2.24, 2.45) is 7.05 Å². The highest BCUT2D eigenvalue weighted by molar-refractivity contribution is 6.32. The predicted molar refractivity (Wildman–Crippen MR) is 109 cm³/mol. The van der Waals surface area contributed by atoms with E-state index in [2.05, 4.69) is 97.1 Å². The summed E-state index contributed by atoms with van der Waals surface area (Å²) in [4.78, 5) is 2.29. The van der Waals surface area contributed by atoms with E-state index in [-0.39, 0.29) is 24.0 Å². The van der Waals surface area contributed by atoms with Crippen LogP contribution in [-0.4, -0.2) is 13.1 Å². The summed E-state index contributed by atoms with van der Waals surface area (Å²) in [6, 6.07) is 19.0. The largest absolute Gasteiger partial charge is 1.00 e. The van der Waals surface area contributed by atoms with Crippen LogP contribution in [-0.2, 0) is 7.05 Å². The number of anilines is 1. The lowest BCUT2D eigenvalue weighted by atomic mass is 10.1. The third-order valence-electron chi connectivity index (χ3n) is 4.67. The molecule has 2 aromatic carbocycles. The van der Waals surface area contributed by atoms with E-state index >= 15 is 0 Å². The molecule has 0 atom stereocenters. The number of aryl methyl sites for hydroxylation is 1. The number of para-hydroxylation sites is 1. The number of hydrogen-bond donors (Lipinski definition) is 0. The standard InChI is InChI=1S/C22H24ClN2.HI/c1-4-25(5-2)20-15-11-17(21(23)16-20)10-13-19-14-12-18-8-6-7-9-22(18)24(19)3;/h6-16H,4-5H2,1-3H3;1H/q+1;/p-1. The molecule has 4 heteroatoms. The number of fused-ring (bicyclic) bond motifs is 1. The molecule has 1 aromatic heterocycles. The van der Waals surface area contributed by atoms with Gasteiger partial charge < -0.3 is 28.9 Å². The molecule has 26 heavy (non-hydrogen) atoms. The van der Waals surface area contributed by atoms with E-state index in [1.165, 1.54) is 16.6 Å². The molecular formula is C22H24ClIN2. The van der Waals surface area contributed by atoms with E-state index < -0.39 is 0 Å². The Morgan fingerprint density at radius 1 is 0.962 bits per heavy atom. The molecule has 0 aliphatic heterocycles. The second kappa shape index (κ2) is 9.38. The van der Waals surface area contributed by atoms with Crippen molar-refractivity contribution in [3.05, 3.63) is 70.9 Å². The molecule has 0 amide bonds. The fraction of sp³-hybridized carbons (Fsp3) is 0.227. The molecule has 0 spiro atoms. The molecular weight excluding hydrogens is 455 g/mol. The monoisotopic (exact) mass is 478 g/mol. The molecule has 2 nitrogen and oxygen atoms in total. The van der Waals surface area contributed by atoms with E-state index in [1.807, 2.05) is 0 Å². The van der Waals surface area contributed by atoms with Crippen LogP contribution in [0.15, 0.2) is 54.6 Å². The summed E-state index contributed by atoms with van der Waals surface area (Å²) in [6.45, 7) is 6.28. The lowest BCUT2D eigenvalue weighted by molar-refractivity contribution is -0.646. The summed E-state index contributed by atoms with van der Waals surface area (Å²) in [5.74, 6) is 0. The minimum absolute atomic E-state index is 0. The number of halogens is 2. The molecule has 136 valence electrons. The fourth-order valence-electron chi connectivity index (χ4n) is 3.14. The van der Waals surface area contributed by atoms with E-state index in [4.69, 9.17) is 11.6 Å². The van der Waals surface area contributed by atoms with Crippen LogP contribution in [0.4, 0.5) is 5.69 Å². The molecule has 0 bridgehead atoms. The molecule has 0 aliphatic rings. The summed E-state index contributed by atoms with van der Waals surface area (Å²) in [7, 11) is 2.09. The first kappa shape index (κ1) is 20.7. The van der Waals surface area contributed by atoms with Crippen molar-refractivity contribution in [2.45, 2.75) is 13.8 Å². The normalized spacial score (nSPS) is 10.9. The van der Waals surface area contributed by atoms with Gasteiger partial charge in [0, 0.05) is 47.4 Å². The van der Waals surface area contributed by atoms with E-state index in [0.29, 0.717) is 0 Å². The molecule has 3 aromatic rings. The van der Waals surface area contributed by atoms with Crippen LogP contribution >= 0.6 is 11.6 Å². The molecule has 0 saturated carbocycles. The van der Waals surface area contributed by atoms with Crippen molar-refractivity contribution in [2.75, 3.05) is 18.0 Å². The summed E-state index contributed by atoms with van der Waals surface area (Å²) in [6.07, 6.45) is 4.20. The van der Waals surface area contributed by atoms with Gasteiger partial charge in [0.1, 0.15) is 7.05 Å². The summed E-state index contributed by atoms with van der Waals surface area (Å²) in [5, 5.41) is 2.02. The Bertz CT molecular complexity index is 917. The molecule has 0 radical (unpaired) electrons. The molecule has 0 saturated heterocycles. The van der Waals surface area contributed by atoms with Gasteiger partial charge in [-0.2, -0.15) is 4.57 Å². The van der Waals surface area contributed by atoms with Crippen LogP contribution in [0, 0.1) is 0 Å². The lowest BCUT2D eigenvalue weighted by Crippen LogP contribution is -3.00. The smallest absolute Gasteiger partial charge is 0.212 e. The molecule has 0 fully saturated rings. The van der Waals surface area contributed by atoms with Crippen molar-refractivity contribution < 1.29 is 28.5 Å². The Balaban J connectivity index is 0.00000243. The van der Waals surface area contributed by atoms with Crippen LogP contribution in [0.25, 0.3) is 23.1 Å². The zero-order valence-corrected chi connectivity index (χ0v) is 18.3. The number of aromatic nitrogens is 1. The topological polar surface area (TPSA) is 7.12 Å². The Morgan fingerprint density at radius 3 is 2.38 bits per heavy atom. The first-order valence-corrected chi connectivity index (χ1v) is 9.12.